The van der Waals surface area contributed by atoms with Crippen molar-refractivity contribution in [2.45, 2.75) is 32.7 Å². The molecule has 1 aliphatic rings. The maximum absolute atomic E-state index is 12.5. The number of carbonyl (C=O) groups excluding carboxylic acids is 1. The molecule has 1 aromatic heterocycles. The van der Waals surface area contributed by atoms with E-state index in [2.05, 4.69) is 20.4 Å². The van der Waals surface area contributed by atoms with Gasteiger partial charge < -0.3 is 24.1 Å². The first-order valence-corrected chi connectivity index (χ1v) is 10.8. The Bertz CT molecular complexity index is 841. The Morgan fingerprint density at radius 1 is 1.29 bits per heavy atom. The fourth-order valence-electron chi connectivity index (χ4n) is 3.69. The van der Waals surface area contributed by atoms with E-state index in [1.807, 2.05) is 25.1 Å². The molecule has 170 valence electrons. The number of rotatable bonds is 11. The number of hydrogen-bond donors (Lipinski definition) is 1. The van der Waals surface area contributed by atoms with Crippen LogP contribution in [0.25, 0.3) is 11.4 Å². The summed E-state index contributed by atoms with van der Waals surface area (Å²) >= 11 is 0. The molecule has 0 saturated carbocycles. The SMILES string of the molecule is CCOCCCNC(=O)[C@H]1CCCN(Cc2nc(-c3ccc(OC)c(OC)c3)no2)C1. The Balaban J connectivity index is 1.53. The molecule has 9 heteroatoms. The van der Waals surface area contributed by atoms with Crippen LogP contribution in [-0.4, -0.2) is 68.0 Å². The van der Waals surface area contributed by atoms with Crippen molar-refractivity contribution >= 4 is 5.91 Å². The van der Waals surface area contributed by atoms with Gasteiger partial charge in [0.25, 0.3) is 0 Å². The number of nitrogens with one attached hydrogen (secondary N) is 1. The van der Waals surface area contributed by atoms with E-state index in [1.165, 1.54) is 0 Å². The van der Waals surface area contributed by atoms with E-state index >= 15 is 0 Å². The Hall–Kier alpha value is -2.65. The molecule has 2 aromatic rings. The van der Waals surface area contributed by atoms with Crippen LogP contribution in [0.2, 0.25) is 0 Å². The lowest BCUT2D eigenvalue weighted by atomic mass is 9.97. The number of amides is 1. The number of carbonyl (C=O) groups is 1. The molecular formula is C22H32N4O5. The lowest BCUT2D eigenvalue weighted by molar-refractivity contribution is -0.126. The van der Waals surface area contributed by atoms with Gasteiger partial charge in [-0.15, -0.1) is 0 Å². The van der Waals surface area contributed by atoms with Crippen LogP contribution in [0.1, 0.15) is 32.1 Å². The van der Waals surface area contributed by atoms with Crippen molar-refractivity contribution in [1.82, 2.24) is 20.4 Å². The Labute approximate surface area is 183 Å². The maximum Gasteiger partial charge on any atom is 0.241 e. The summed E-state index contributed by atoms with van der Waals surface area (Å²) in [5, 5.41) is 7.12. The van der Waals surface area contributed by atoms with E-state index in [4.69, 9.17) is 18.7 Å². The van der Waals surface area contributed by atoms with Gasteiger partial charge in [-0.05, 0) is 50.9 Å². The number of likely N-dealkylation sites (tertiary alicyclic amines) is 1. The molecule has 0 aliphatic carbocycles. The highest BCUT2D eigenvalue weighted by atomic mass is 16.5. The molecule has 1 atom stereocenters. The molecule has 1 aromatic carbocycles. The van der Waals surface area contributed by atoms with E-state index in [1.54, 1.807) is 14.2 Å². The molecule has 9 nitrogen and oxygen atoms in total. The molecule has 1 saturated heterocycles. The zero-order chi connectivity index (χ0) is 22.1. The predicted octanol–water partition coefficient (Wildman–Crippen LogP) is 2.51. The third kappa shape index (κ3) is 6.41. The molecule has 0 unspecified atom stereocenters. The normalized spacial score (nSPS) is 16.8. The van der Waals surface area contributed by atoms with Crippen LogP contribution in [0.15, 0.2) is 22.7 Å². The summed E-state index contributed by atoms with van der Waals surface area (Å²) in [4.78, 5) is 19.2. The van der Waals surface area contributed by atoms with Crippen molar-refractivity contribution in [3.63, 3.8) is 0 Å². The van der Waals surface area contributed by atoms with Crippen molar-refractivity contribution in [3.8, 4) is 22.9 Å². The fraction of sp³-hybridized carbons (Fsp3) is 0.591. The minimum Gasteiger partial charge on any atom is -0.493 e. The van der Waals surface area contributed by atoms with Gasteiger partial charge in [-0.25, -0.2) is 0 Å². The molecule has 1 amide bonds. The molecule has 1 aliphatic heterocycles. The maximum atomic E-state index is 12.5. The molecule has 1 N–H and O–H groups in total. The third-order valence-corrected chi connectivity index (χ3v) is 5.31. The van der Waals surface area contributed by atoms with Gasteiger partial charge >= 0.3 is 0 Å². The van der Waals surface area contributed by atoms with Crippen molar-refractivity contribution < 1.29 is 23.5 Å². The summed E-state index contributed by atoms with van der Waals surface area (Å²) in [6, 6.07) is 5.50. The number of benzene rings is 1. The molecule has 2 heterocycles. The zero-order valence-corrected chi connectivity index (χ0v) is 18.6. The van der Waals surface area contributed by atoms with Gasteiger partial charge in [0.2, 0.25) is 17.6 Å². The summed E-state index contributed by atoms with van der Waals surface area (Å²) in [6.45, 7) is 6.10. The van der Waals surface area contributed by atoms with Crippen molar-refractivity contribution in [3.05, 3.63) is 24.1 Å². The van der Waals surface area contributed by atoms with Crippen LogP contribution in [-0.2, 0) is 16.1 Å². The van der Waals surface area contributed by atoms with Crippen LogP contribution in [0.4, 0.5) is 0 Å². The van der Waals surface area contributed by atoms with Gasteiger partial charge in [0, 0.05) is 31.9 Å². The second kappa shape index (κ2) is 11.7. The number of ether oxygens (including phenoxy) is 3. The molecule has 1 fully saturated rings. The highest BCUT2D eigenvalue weighted by molar-refractivity contribution is 5.78. The number of hydrogen-bond acceptors (Lipinski definition) is 8. The third-order valence-electron chi connectivity index (χ3n) is 5.31. The highest BCUT2D eigenvalue weighted by Crippen LogP contribution is 2.31. The smallest absolute Gasteiger partial charge is 0.241 e. The molecule has 0 spiro atoms. The monoisotopic (exact) mass is 432 g/mol. The summed E-state index contributed by atoms with van der Waals surface area (Å²) in [6.07, 6.45) is 2.69. The molecule has 31 heavy (non-hydrogen) atoms. The van der Waals surface area contributed by atoms with E-state index in [-0.39, 0.29) is 11.8 Å². The van der Waals surface area contributed by atoms with E-state index in [0.717, 1.165) is 31.4 Å². The first-order valence-electron chi connectivity index (χ1n) is 10.8. The van der Waals surface area contributed by atoms with Gasteiger partial charge in [0.05, 0.1) is 26.7 Å². The largest absolute Gasteiger partial charge is 0.493 e. The molecular weight excluding hydrogens is 400 g/mol. The van der Waals surface area contributed by atoms with Crippen LogP contribution in [0.5, 0.6) is 11.5 Å². The van der Waals surface area contributed by atoms with Crippen molar-refractivity contribution in [2.75, 3.05) is 47.1 Å². The first kappa shape index (κ1) is 23.0. The van der Waals surface area contributed by atoms with Crippen molar-refractivity contribution in [1.29, 1.82) is 0 Å². The lowest BCUT2D eigenvalue weighted by Gasteiger charge is -2.30. The number of nitrogens with zero attached hydrogens (tertiary/aromatic N) is 3. The summed E-state index contributed by atoms with van der Waals surface area (Å²) in [7, 11) is 3.18. The Morgan fingerprint density at radius 3 is 2.90 bits per heavy atom. The molecule has 0 bridgehead atoms. The second-order valence-corrected chi connectivity index (χ2v) is 7.50. The van der Waals surface area contributed by atoms with Crippen LogP contribution in [0, 0.1) is 5.92 Å². The minimum atomic E-state index is -0.0194. The average molecular weight is 433 g/mol. The first-order chi connectivity index (χ1) is 15.1. The minimum absolute atomic E-state index is 0.0194. The fourth-order valence-corrected chi connectivity index (χ4v) is 3.69. The van der Waals surface area contributed by atoms with Crippen molar-refractivity contribution in [2.24, 2.45) is 5.92 Å². The Morgan fingerprint density at radius 2 is 2.13 bits per heavy atom. The van der Waals surface area contributed by atoms with Gasteiger partial charge in [-0.3, -0.25) is 9.69 Å². The van der Waals surface area contributed by atoms with Gasteiger partial charge in [-0.2, -0.15) is 4.98 Å². The average Bonchev–Trinajstić information content (AvgIpc) is 3.27. The predicted molar refractivity (Wildman–Crippen MR) is 115 cm³/mol. The lowest BCUT2D eigenvalue weighted by Crippen LogP contribution is -2.43. The topological polar surface area (TPSA) is 99.0 Å². The molecule has 0 radical (unpaired) electrons. The van der Waals surface area contributed by atoms with Crippen LogP contribution < -0.4 is 14.8 Å². The van der Waals surface area contributed by atoms with Crippen LogP contribution >= 0.6 is 0 Å². The van der Waals surface area contributed by atoms with E-state index in [9.17, 15) is 4.79 Å². The summed E-state index contributed by atoms with van der Waals surface area (Å²) < 4.78 is 21.4. The van der Waals surface area contributed by atoms with Gasteiger partial charge in [-0.1, -0.05) is 5.16 Å². The zero-order valence-electron chi connectivity index (χ0n) is 18.6. The Kier molecular flexibility index (Phi) is 8.66. The van der Waals surface area contributed by atoms with E-state index < -0.39 is 0 Å². The van der Waals surface area contributed by atoms with Crippen LogP contribution in [0.3, 0.4) is 0 Å². The van der Waals surface area contributed by atoms with E-state index in [0.29, 0.717) is 56.1 Å². The number of piperidine rings is 1. The van der Waals surface area contributed by atoms with Gasteiger partial charge in [0.15, 0.2) is 11.5 Å². The summed E-state index contributed by atoms with van der Waals surface area (Å²) in [5.74, 6) is 2.37. The van der Waals surface area contributed by atoms with Gasteiger partial charge in [0.1, 0.15) is 0 Å². The molecule has 3 rings (SSSR count). The number of methoxy groups -OCH3 is 2. The quantitative estimate of drug-likeness (QED) is 0.541. The number of aromatic nitrogens is 2. The summed E-state index contributed by atoms with van der Waals surface area (Å²) in [5.41, 5.74) is 0.788. The second-order valence-electron chi connectivity index (χ2n) is 7.50. The standard InChI is InChI=1S/C22H32N4O5/c1-4-30-12-6-10-23-22(27)17-7-5-11-26(14-17)15-20-24-21(25-31-20)16-8-9-18(28-2)19(13-16)29-3/h8-9,13,17H,4-7,10-12,14-15H2,1-3H3,(H,23,27)/t17-/m0/s1. The highest BCUT2D eigenvalue weighted by Gasteiger charge is 2.26.